The summed E-state index contributed by atoms with van der Waals surface area (Å²) in [7, 11) is 1.76. The van der Waals surface area contributed by atoms with E-state index in [0.717, 1.165) is 44.7 Å². The number of halogens is 1. The van der Waals surface area contributed by atoms with Crippen LogP contribution in [0.2, 0.25) is 0 Å². The minimum absolute atomic E-state index is 0. The van der Waals surface area contributed by atoms with Crippen LogP contribution >= 0.6 is 24.0 Å². The number of carbonyl (C=O) groups excluding carboxylic acids is 1. The molecule has 3 N–H and O–H groups in total. The third-order valence-electron chi connectivity index (χ3n) is 2.86. The van der Waals surface area contributed by atoms with Crippen LogP contribution in [0.1, 0.15) is 45.4 Å². The standard InChI is InChI=1S/C13H26N4O.HI/c1-3-4-9-15-13(14-2)16-10-5-6-12(18)17-11-7-8-11;/h11H,3-10H2,1-2H3,(H,17,18)(H2,14,15,16);1H. The van der Waals surface area contributed by atoms with Gasteiger partial charge in [0.15, 0.2) is 5.96 Å². The van der Waals surface area contributed by atoms with E-state index < -0.39 is 0 Å². The van der Waals surface area contributed by atoms with Crippen LogP contribution in [0.4, 0.5) is 0 Å². The van der Waals surface area contributed by atoms with Gasteiger partial charge in [0.05, 0.1) is 0 Å². The van der Waals surface area contributed by atoms with Gasteiger partial charge in [0, 0.05) is 32.6 Å². The van der Waals surface area contributed by atoms with Crippen LogP contribution < -0.4 is 16.0 Å². The Bertz CT molecular complexity index is 280. The molecule has 0 saturated heterocycles. The van der Waals surface area contributed by atoms with Gasteiger partial charge in [0.2, 0.25) is 5.91 Å². The third kappa shape index (κ3) is 9.98. The van der Waals surface area contributed by atoms with E-state index in [0.29, 0.717) is 12.5 Å². The lowest BCUT2D eigenvalue weighted by Gasteiger charge is -2.11. The van der Waals surface area contributed by atoms with E-state index in [-0.39, 0.29) is 29.9 Å². The van der Waals surface area contributed by atoms with Crippen molar-refractivity contribution in [3.05, 3.63) is 0 Å². The Morgan fingerprint density at radius 1 is 1.21 bits per heavy atom. The summed E-state index contributed by atoms with van der Waals surface area (Å²) in [5, 5.41) is 9.44. The minimum Gasteiger partial charge on any atom is -0.356 e. The lowest BCUT2D eigenvalue weighted by molar-refractivity contribution is -0.121. The summed E-state index contributed by atoms with van der Waals surface area (Å²) in [5.41, 5.74) is 0. The van der Waals surface area contributed by atoms with Crippen molar-refractivity contribution in [2.24, 2.45) is 4.99 Å². The number of nitrogens with zero attached hydrogens (tertiary/aromatic N) is 1. The summed E-state index contributed by atoms with van der Waals surface area (Å²) in [6, 6.07) is 0.467. The number of hydrogen-bond donors (Lipinski definition) is 3. The summed E-state index contributed by atoms with van der Waals surface area (Å²) >= 11 is 0. The van der Waals surface area contributed by atoms with Gasteiger partial charge in [0.25, 0.3) is 0 Å². The van der Waals surface area contributed by atoms with Crippen LogP contribution in [-0.2, 0) is 4.79 Å². The molecule has 1 aliphatic carbocycles. The number of unbranched alkanes of at least 4 members (excludes halogenated alkanes) is 1. The average molecular weight is 382 g/mol. The van der Waals surface area contributed by atoms with Crippen molar-refractivity contribution in [2.75, 3.05) is 20.1 Å². The minimum atomic E-state index is 0. The van der Waals surface area contributed by atoms with Gasteiger partial charge in [-0.15, -0.1) is 24.0 Å². The maximum atomic E-state index is 11.4. The van der Waals surface area contributed by atoms with E-state index in [9.17, 15) is 4.79 Å². The maximum absolute atomic E-state index is 11.4. The second-order valence-electron chi connectivity index (χ2n) is 4.72. The maximum Gasteiger partial charge on any atom is 0.220 e. The second-order valence-corrected chi connectivity index (χ2v) is 4.72. The molecule has 0 radical (unpaired) electrons. The lowest BCUT2D eigenvalue weighted by Crippen LogP contribution is -2.38. The molecule has 1 rings (SSSR count). The van der Waals surface area contributed by atoms with Gasteiger partial charge in [-0.3, -0.25) is 9.79 Å². The molecule has 0 bridgehead atoms. The largest absolute Gasteiger partial charge is 0.356 e. The Morgan fingerprint density at radius 3 is 2.37 bits per heavy atom. The van der Waals surface area contributed by atoms with Crippen molar-refractivity contribution >= 4 is 35.8 Å². The van der Waals surface area contributed by atoms with Crippen molar-refractivity contribution in [1.29, 1.82) is 0 Å². The molecule has 5 nitrogen and oxygen atoms in total. The Labute approximate surface area is 133 Å². The first-order valence-electron chi connectivity index (χ1n) is 7.00. The van der Waals surface area contributed by atoms with Crippen LogP contribution in [0.5, 0.6) is 0 Å². The molecule has 112 valence electrons. The molecule has 0 aromatic rings. The van der Waals surface area contributed by atoms with Gasteiger partial charge in [-0.05, 0) is 25.7 Å². The molecule has 0 aromatic heterocycles. The van der Waals surface area contributed by atoms with Crippen LogP contribution in [0, 0.1) is 0 Å². The number of nitrogens with one attached hydrogen (secondary N) is 3. The lowest BCUT2D eigenvalue weighted by atomic mass is 10.3. The molecule has 0 spiro atoms. The molecule has 1 saturated carbocycles. The number of amides is 1. The van der Waals surface area contributed by atoms with Gasteiger partial charge in [-0.2, -0.15) is 0 Å². The van der Waals surface area contributed by atoms with Crippen molar-refractivity contribution in [1.82, 2.24) is 16.0 Å². The number of rotatable bonds is 8. The zero-order valence-electron chi connectivity index (χ0n) is 12.0. The first-order chi connectivity index (χ1) is 8.76. The van der Waals surface area contributed by atoms with Crippen LogP contribution in [0.3, 0.4) is 0 Å². The fourth-order valence-electron chi connectivity index (χ4n) is 1.59. The molecule has 1 fully saturated rings. The molecule has 0 aliphatic heterocycles. The highest BCUT2D eigenvalue weighted by atomic mass is 127. The number of carbonyl (C=O) groups is 1. The first kappa shape index (κ1) is 18.5. The number of hydrogen-bond acceptors (Lipinski definition) is 2. The first-order valence-corrected chi connectivity index (χ1v) is 7.00. The van der Waals surface area contributed by atoms with Crippen LogP contribution in [0.15, 0.2) is 4.99 Å². The smallest absolute Gasteiger partial charge is 0.220 e. The zero-order chi connectivity index (χ0) is 13.2. The second kappa shape index (κ2) is 11.3. The van der Waals surface area contributed by atoms with E-state index >= 15 is 0 Å². The summed E-state index contributed by atoms with van der Waals surface area (Å²) in [4.78, 5) is 15.6. The Hall–Kier alpha value is -0.530. The fraction of sp³-hybridized carbons (Fsp3) is 0.846. The average Bonchev–Trinajstić information content (AvgIpc) is 3.16. The van der Waals surface area contributed by atoms with Gasteiger partial charge in [-0.25, -0.2) is 0 Å². The molecule has 0 atom stereocenters. The quantitative estimate of drug-likeness (QED) is 0.259. The van der Waals surface area contributed by atoms with Crippen molar-refractivity contribution in [3.63, 3.8) is 0 Å². The van der Waals surface area contributed by atoms with E-state index in [2.05, 4.69) is 27.9 Å². The van der Waals surface area contributed by atoms with Crippen molar-refractivity contribution < 1.29 is 4.79 Å². The summed E-state index contributed by atoms with van der Waals surface area (Å²) < 4.78 is 0. The molecular formula is C13H27IN4O. The van der Waals surface area contributed by atoms with E-state index in [1.807, 2.05) is 0 Å². The Balaban J connectivity index is 0.00000324. The number of aliphatic imine (C=N–C) groups is 1. The zero-order valence-corrected chi connectivity index (χ0v) is 14.3. The summed E-state index contributed by atoms with van der Waals surface area (Å²) in [6.45, 7) is 3.89. The molecule has 0 aromatic carbocycles. The molecule has 0 unspecified atom stereocenters. The molecule has 0 heterocycles. The van der Waals surface area contributed by atoms with Crippen LogP contribution in [0.25, 0.3) is 0 Å². The Morgan fingerprint density at radius 2 is 1.84 bits per heavy atom. The number of guanidine groups is 1. The highest BCUT2D eigenvalue weighted by Crippen LogP contribution is 2.18. The molecular weight excluding hydrogens is 355 g/mol. The topological polar surface area (TPSA) is 65.5 Å². The van der Waals surface area contributed by atoms with Crippen LogP contribution in [-0.4, -0.2) is 38.0 Å². The van der Waals surface area contributed by atoms with Gasteiger partial charge < -0.3 is 16.0 Å². The predicted octanol–water partition coefficient (Wildman–Crippen LogP) is 1.63. The molecule has 1 amide bonds. The molecule has 19 heavy (non-hydrogen) atoms. The van der Waals surface area contributed by atoms with Gasteiger partial charge >= 0.3 is 0 Å². The predicted molar refractivity (Wildman–Crippen MR) is 90.1 cm³/mol. The van der Waals surface area contributed by atoms with Crippen molar-refractivity contribution in [3.8, 4) is 0 Å². The normalized spacial score (nSPS) is 14.5. The van der Waals surface area contributed by atoms with Gasteiger partial charge in [-0.1, -0.05) is 13.3 Å². The summed E-state index contributed by atoms with van der Waals surface area (Å²) in [6.07, 6.45) is 6.05. The molecule has 1 aliphatic rings. The molecule has 6 heteroatoms. The monoisotopic (exact) mass is 382 g/mol. The van der Waals surface area contributed by atoms with Crippen molar-refractivity contribution in [2.45, 2.75) is 51.5 Å². The van der Waals surface area contributed by atoms with Gasteiger partial charge in [0.1, 0.15) is 0 Å². The highest BCUT2D eigenvalue weighted by molar-refractivity contribution is 14.0. The highest BCUT2D eigenvalue weighted by Gasteiger charge is 2.22. The van der Waals surface area contributed by atoms with E-state index in [1.165, 1.54) is 6.42 Å². The van der Waals surface area contributed by atoms with E-state index in [4.69, 9.17) is 0 Å². The fourth-order valence-corrected chi connectivity index (χ4v) is 1.59. The Kier molecular flexibility index (Phi) is 11.0. The summed E-state index contributed by atoms with van der Waals surface area (Å²) in [5.74, 6) is 0.999. The SMILES string of the molecule is CCCCNC(=NC)NCCCC(=O)NC1CC1.I. The third-order valence-corrected chi connectivity index (χ3v) is 2.86. The van der Waals surface area contributed by atoms with E-state index in [1.54, 1.807) is 7.05 Å².